The molecule has 3 aliphatic rings. The molecule has 1 N–H and O–H groups in total. The summed E-state index contributed by atoms with van der Waals surface area (Å²) in [6.45, 7) is 7.82. The molecule has 3 rings (SSSR count). The van der Waals surface area contributed by atoms with Crippen molar-refractivity contribution in [2.24, 2.45) is 5.16 Å². The van der Waals surface area contributed by atoms with Gasteiger partial charge in [0.05, 0.1) is 13.2 Å². The summed E-state index contributed by atoms with van der Waals surface area (Å²) in [7, 11) is 0. The van der Waals surface area contributed by atoms with Crippen molar-refractivity contribution in [3.05, 3.63) is 0 Å². The predicted octanol–water partition coefficient (Wildman–Crippen LogP) is 0.824. The maximum absolute atomic E-state index is 5.54. The molecule has 3 heterocycles. The minimum Gasteiger partial charge on any atom is -0.389 e. The molecule has 2 fully saturated rings. The van der Waals surface area contributed by atoms with Crippen molar-refractivity contribution in [1.29, 1.82) is 0 Å². The van der Waals surface area contributed by atoms with E-state index in [1.807, 2.05) is 6.21 Å². The molecule has 124 valence electrons. The maximum atomic E-state index is 5.54. The molecule has 0 unspecified atom stereocenters. The minimum atomic E-state index is -0.0392. The number of piperidine rings is 1. The molecule has 22 heavy (non-hydrogen) atoms. The van der Waals surface area contributed by atoms with Crippen LogP contribution in [0.4, 0.5) is 0 Å². The van der Waals surface area contributed by atoms with Gasteiger partial charge in [-0.05, 0) is 25.2 Å². The number of morpholine rings is 1. The van der Waals surface area contributed by atoms with Crippen molar-refractivity contribution in [3.8, 4) is 0 Å². The number of nitrogens with one attached hydrogen (secondary N) is 1. The number of ether oxygens (including phenoxy) is 1. The first-order chi connectivity index (χ1) is 10.8. The van der Waals surface area contributed by atoms with Gasteiger partial charge in [0.25, 0.3) is 0 Å². The summed E-state index contributed by atoms with van der Waals surface area (Å²) >= 11 is 5.52. The Morgan fingerprint density at radius 3 is 2.68 bits per heavy atom. The van der Waals surface area contributed by atoms with Gasteiger partial charge in [-0.15, -0.1) is 0 Å². The molecule has 0 atom stereocenters. The molecule has 0 bridgehead atoms. The summed E-state index contributed by atoms with van der Waals surface area (Å²) in [5.74, 6) is 0. The van der Waals surface area contributed by atoms with Crippen molar-refractivity contribution in [1.82, 2.24) is 15.1 Å². The first-order valence-electron chi connectivity index (χ1n) is 8.30. The molecule has 0 aromatic heterocycles. The lowest BCUT2D eigenvalue weighted by atomic mass is 9.89. The third kappa shape index (κ3) is 4.08. The summed E-state index contributed by atoms with van der Waals surface area (Å²) in [5, 5.41) is 8.21. The van der Waals surface area contributed by atoms with Gasteiger partial charge in [-0.1, -0.05) is 5.16 Å². The highest BCUT2D eigenvalue weighted by Crippen LogP contribution is 2.32. The van der Waals surface area contributed by atoms with Crippen molar-refractivity contribution < 1.29 is 9.57 Å². The smallest absolute Gasteiger partial charge is 0.168 e. The molecule has 1 spiro atoms. The second-order valence-electron chi connectivity index (χ2n) is 6.29. The average Bonchev–Trinajstić information content (AvgIpc) is 3.01. The van der Waals surface area contributed by atoms with Gasteiger partial charge in [-0.3, -0.25) is 4.90 Å². The Morgan fingerprint density at radius 1 is 1.23 bits per heavy atom. The Hall–Kier alpha value is -0.920. The number of thiocarbonyl (C=S) groups is 1. The summed E-state index contributed by atoms with van der Waals surface area (Å²) in [6, 6.07) is 0. The van der Waals surface area contributed by atoms with Gasteiger partial charge in [-0.2, -0.15) is 0 Å². The fraction of sp³-hybridized carbons (Fsp3) is 0.867. The fourth-order valence-corrected chi connectivity index (χ4v) is 3.52. The van der Waals surface area contributed by atoms with E-state index < -0.39 is 0 Å². The molecular formula is C15H26N4O2S. The molecule has 6 nitrogen and oxygen atoms in total. The molecule has 0 saturated carbocycles. The van der Waals surface area contributed by atoms with Crippen LogP contribution < -0.4 is 5.32 Å². The van der Waals surface area contributed by atoms with Crippen LogP contribution >= 0.6 is 12.2 Å². The molecule has 0 aromatic carbocycles. The summed E-state index contributed by atoms with van der Waals surface area (Å²) in [6.07, 6.45) is 5.96. The van der Waals surface area contributed by atoms with Crippen molar-refractivity contribution >= 4 is 23.5 Å². The van der Waals surface area contributed by atoms with E-state index >= 15 is 0 Å². The van der Waals surface area contributed by atoms with Crippen LogP contribution in [-0.2, 0) is 9.57 Å². The van der Waals surface area contributed by atoms with Crippen LogP contribution in [0.25, 0.3) is 0 Å². The Balaban J connectivity index is 1.29. The lowest BCUT2D eigenvalue weighted by molar-refractivity contribution is -0.0524. The van der Waals surface area contributed by atoms with Crippen molar-refractivity contribution in [2.75, 3.05) is 52.5 Å². The molecule has 0 radical (unpaired) electrons. The number of hydrogen-bond acceptors (Lipinski definition) is 5. The molecule has 3 aliphatic heterocycles. The van der Waals surface area contributed by atoms with E-state index in [-0.39, 0.29) is 5.60 Å². The fourth-order valence-electron chi connectivity index (χ4n) is 3.24. The third-order valence-corrected chi connectivity index (χ3v) is 5.18. The zero-order valence-corrected chi connectivity index (χ0v) is 13.9. The highest BCUT2D eigenvalue weighted by atomic mass is 32.1. The van der Waals surface area contributed by atoms with Crippen LogP contribution in [-0.4, -0.2) is 79.2 Å². The molecule has 2 saturated heterocycles. The minimum absolute atomic E-state index is 0.0392. The molecule has 7 heteroatoms. The van der Waals surface area contributed by atoms with E-state index in [1.54, 1.807) is 0 Å². The van der Waals surface area contributed by atoms with Crippen LogP contribution in [0.15, 0.2) is 5.16 Å². The van der Waals surface area contributed by atoms with E-state index in [2.05, 4.69) is 20.3 Å². The van der Waals surface area contributed by atoms with Crippen LogP contribution in [0, 0.1) is 0 Å². The lowest BCUT2D eigenvalue weighted by Crippen LogP contribution is -2.50. The largest absolute Gasteiger partial charge is 0.389 e. The summed E-state index contributed by atoms with van der Waals surface area (Å²) < 4.78 is 5.36. The number of likely N-dealkylation sites (tertiary alicyclic amines) is 1. The Bertz CT molecular complexity index is 394. The van der Waals surface area contributed by atoms with Gasteiger partial charge >= 0.3 is 0 Å². The highest BCUT2D eigenvalue weighted by Gasteiger charge is 2.39. The number of rotatable bonds is 4. The Labute approximate surface area is 137 Å². The van der Waals surface area contributed by atoms with Gasteiger partial charge in [0.1, 0.15) is 5.60 Å². The third-order valence-electron chi connectivity index (χ3n) is 4.78. The van der Waals surface area contributed by atoms with Crippen molar-refractivity contribution in [3.63, 3.8) is 0 Å². The van der Waals surface area contributed by atoms with Crippen LogP contribution in [0.3, 0.4) is 0 Å². The van der Waals surface area contributed by atoms with E-state index in [4.69, 9.17) is 21.8 Å². The molecule has 0 amide bonds. The van der Waals surface area contributed by atoms with Crippen LogP contribution in [0.2, 0.25) is 0 Å². The Kier molecular flexibility index (Phi) is 5.49. The van der Waals surface area contributed by atoms with E-state index in [1.165, 1.54) is 0 Å². The van der Waals surface area contributed by atoms with Gasteiger partial charge in [0, 0.05) is 58.2 Å². The second-order valence-corrected chi connectivity index (χ2v) is 6.68. The monoisotopic (exact) mass is 326 g/mol. The van der Waals surface area contributed by atoms with Gasteiger partial charge < -0.3 is 19.8 Å². The normalized spacial score (nSPS) is 24.5. The zero-order chi connectivity index (χ0) is 15.3. The standard InChI is InChI=1S/C15H26N4O2S/c22-14(16-5-1-7-18-10-12-20-13-11-18)19-8-3-15(4-9-19)2-6-17-21-15/h6H,1-5,7-13H2,(H,16,22). The SMILES string of the molecule is S=C(NCCCN1CCOCC1)N1CCC2(CC=NO2)CC1. The van der Waals surface area contributed by atoms with Crippen molar-refractivity contribution in [2.45, 2.75) is 31.3 Å². The summed E-state index contributed by atoms with van der Waals surface area (Å²) in [5.41, 5.74) is -0.0392. The topological polar surface area (TPSA) is 49.3 Å². The van der Waals surface area contributed by atoms with E-state index in [0.29, 0.717) is 0 Å². The Morgan fingerprint density at radius 2 is 2.00 bits per heavy atom. The number of oxime groups is 1. The molecule has 0 aromatic rings. The van der Waals surface area contributed by atoms with Crippen LogP contribution in [0.1, 0.15) is 25.7 Å². The van der Waals surface area contributed by atoms with Gasteiger partial charge in [-0.25, -0.2) is 0 Å². The lowest BCUT2D eigenvalue weighted by Gasteiger charge is -2.38. The second kappa shape index (κ2) is 7.57. The quantitative estimate of drug-likeness (QED) is 0.610. The number of hydrogen-bond donors (Lipinski definition) is 1. The summed E-state index contributed by atoms with van der Waals surface area (Å²) in [4.78, 5) is 10.3. The van der Waals surface area contributed by atoms with E-state index in [0.717, 1.165) is 83.3 Å². The van der Waals surface area contributed by atoms with E-state index in [9.17, 15) is 0 Å². The molecular weight excluding hydrogens is 300 g/mol. The first kappa shape index (κ1) is 16.0. The number of nitrogens with zero attached hydrogens (tertiary/aromatic N) is 3. The van der Waals surface area contributed by atoms with Gasteiger partial charge in [0.15, 0.2) is 5.11 Å². The van der Waals surface area contributed by atoms with Gasteiger partial charge in [0.2, 0.25) is 0 Å². The highest BCUT2D eigenvalue weighted by molar-refractivity contribution is 7.80. The van der Waals surface area contributed by atoms with Crippen LogP contribution in [0.5, 0.6) is 0 Å². The zero-order valence-electron chi connectivity index (χ0n) is 13.1. The maximum Gasteiger partial charge on any atom is 0.168 e. The predicted molar refractivity (Wildman–Crippen MR) is 90.2 cm³/mol. The first-order valence-corrected chi connectivity index (χ1v) is 8.71. The molecule has 0 aliphatic carbocycles. The average molecular weight is 326 g/mol.